The van der Waals surface area contributed by atoms with E-state index in [0.29, 0.717) is 5.82 Å². The molecule has 0 aliphatic heterocycles. The van der Waals surface area contributed by atoms with Crippen molar-refractivity contribution in [1.82, 2.24) is 20.6 Å². The van der Waals surface area contributed by atoms with Crippen LogP contribution in [0.15, 0.2) is 36.4 Å². The molecule has 0 saturated carbocycles. The van der Waals surface area contributed by atoms with Gasteiger partial charge in [0.05, 0.1) is 0 Å². The summed E-state index contributed by atoms with van der Waals surface area (Å²) >= 11 is 0. The number of benzene rings is 2. The van der Waals surface area contributed by atoms with Crippen molar-refractivity contribution < 1.29 is 0 Å². The highest BCUT2D eigenvalue weighted by molar-refractivity contribution is 5.85. The highest BCUT2D eigenvalue weighted by atomic mass is 15.5. The van der Waals surface area contributed by atoms with E-state index in [-0.39, 0.29) is 0 Å². The molecule has 3 aromatic rings. The van der Waals surface area contributed by atoms with E-state index in [1.165, 1.54) is 0 Å². The van der Waals surface area contributed by atoms with Crippen LogP contribution in [0.2, 0.25) is 0 Å². The molecular weight excluding hydrogens is 188 g/mol. The van der Waals surface area contributed by atoms with E-state index in [1.54, 1.807) is 0 Å². The number of fused-ring (bicyclic) bond motifs is 1. The molecule has 2 aromatic carbocycles. The summed E-state index contributed by atoms with van der Waals surface area (Å²) in [6.07, 6.45) is 0. The van der Waals surface area contributed by atoms with E-state index in [0.717, 1.165) is 16.3 Å². The topological polar surface area (TPSA) is 54.5 Å². The maximum absolute atomic E-state index is 3.85. The Bertz CT molecular complexity index is 586. The molecule has 15 heavy (non-hydrogen) atoms. The van der Waals surface area contributed by atoms with Gasteiger partial charge in [-0.3, -0.25) is 0 Å². The van der Waals surface area contributed by atoms with Crippen LogP contribution in [0.3, 0.4) is 0 Å². The van der Waals surface area contributed by atoms with Gasteiger partial charge in [0.1, 0.15) is 0 Å². The monoisotopic (exact) mass is 195 g/mol. The van der Waals surface area contributed by atoms with E-state index < -0.39 is 0 Å². The first-order valence-corrected chi connectivity index (χ1v) is 4.59. The Morgan fingerprint density at radius 2 is 2.00 bits per heavy atom. The van der Waals surface area contributed by atoms with Crippen LogP contribution < -0.4 is 0 Å². The number of hydrogen-bond donors (Lipinski definition) is 1. The molecule has 0 saturated heterocycles. The summed E-state index contributed by atoms with van der Waals surface area (Å²) in [6.45, 7) is 0. The average Bonchev–Trinajstić information content (AvgIpc) is 2.82. The second-order valence-electron chi connectivity index (χ2n) is 3.21. The standard InChI is InChI=1S/C11H7N4/c1-2-4-9-7-10(6-5-8(9)3-1)11-12-14-15-13-11/h1-6H,(H,12,13,14,15). The third kappa shape index (κ3) is 1.36. The summed E-state index contributed by atoms with van der Waals surface area (Å²) < 4.78 is 0. The van der Waals surface area contributed by atoms with Crippen molar-refractivity contribution >= 4 is 10.8 Å². The summed E-state index contributed by atoms with van der Waals surface area (Å²) in [6, 6.07) is 15.3. The van der Waals surface area contributed by atoms with Gasteiger partial charge in [0.2, 0.25) is 0 Å². The van der Waals surface area contributed by atoms with Crippen molar-refractivity contribution in [2.45, 2.75) is 0 Å². The van der Waals surface area contributed by atoms with Crippen molar-refractivity contribution in [3.8, 4) is 11.4 Å². The lowest BCUT2D eigenvalue weighted by molar-refractivity contribution is 0.881. The summed E-state index contributed by atoms with van der Waals surface area (Å²) in [5.74, 6) is 0.640. The zero-order valence-corrected chi connectivity index (χ0v) is 7.81. The third-order valence-corrected chi connectivity index (χ3v) is 2.26. The Balaban J connectivity index is 2.22. The van der Waals surface area contributed by atoms with E-state index >= 15 is 0 Å². The lowest BCUT2D eigenvalue weighted by Gasteiger charge is -1.98. The van der Waals surface area contributed by atoms with Crippen molar-refractivity contribution in [1.29, 1.82) is 0 Å². The minimum absolute atomic E-state index is 0.640. The lowest BCUT2D eigenvalue weighted by atomic mass is 10.1. The summed E-state index contributed by atoms with van der Waals surface area (Å²) in [5.41, 5.74) is 0.874. The van der Waals surface area contributed by atoms with Gasteiger partial charge in [-0.05, 0) is 27.3 Å². The molecule has 0 atom stereocenters. The molecule has 71 valence electrons. The second kappa shape index (κ2) is 3.16. The molecule has 0 spiro atoms. The molecule has 0 aliphatic carbocycles. The maximum atomic E-state index is 3.85. The number of nitrogens with zero attached hydrogens (tertiary/aromatic N) is 3. The molecule has 1 radical (unpaired) electrons. The molecule has 0 bridgehead atoms. The smallest absolute Gasteiger partial charge is 0.180 e. The number of aromatic nitrogens is 4. The molecule has 1 heterocycles. The molecule has 0 unspecified atom stereocenters. The van der Waals surface area contributed by atoms with Crippen molar-refractivity contribution in [2.24, 2.45) is 0 Å². The Morgan fingerprint density at radius 3 is 2.87 bits per heavy atom. The first kappa shape index (κ1) is 8.11. The number of nitrogens with one attached hydrogen (secondary N) is 1. The molecular formula is C11H7N4. The quantitative estimate of drug-likeness (QED) is 0.644. The summed E-state index contributed by atoms with van der Waals surface area (Å²) in [5, 5.41) is 15.9. The number of hydrogen-bond acceptors (Lipinski definition) is 3. The molecule has 0 fully saturated rings. The van der Waals surface area contributed by atoms with Gasteiger partial charge in [-0.15, -0.1) is 5.10 Å². The van der Waals surface area contributed by atoms with Crippen molar-refractivity contribution in [2.75, 3.05) is 0 Å². The van der Waals surface area contributed by atoms with Crippen LogP contribution in [0.25, 0.3) is 22.2 Å². The van der Waals surface area contributed by atoms with Gasteiger partial charge < -0.3 is 0 Å². The maximum Gasteiger partial charge on any atom is 0.180 e. The zero-order valence-electron chi connectivity index (χ0n) is 7.81. The molecule has 0 amide bonds. The van der Waals surface area contributed by atoms with Gasteiger partial charge in [0.25, 0.3) is 0 Å². The largest absolute Gasteiger partial charge is 0.239 e. The minimum Gasteiger partial charge on any atom is -0.239 e. The first-order chi connectivity index (χ1) is 7.43. The Hall–Kier alpha value is -2.23. The molecule has 1 aromatic heterocycles. The molecule has 0 aliphatic rings. The first-order valence-electron chi connectivity index (χ1n) is 4.59. The third-order valence-electron chi connectivity index (χ3n) is 2.26. The second-order valence-corrected chi connectivity index (χ2v) is 3.21. The van der Waals surface area contributed by atoms with E-state index in [9.17, 15) is 0 Å². The van der Waals surface area contributed by atoms with Gasteiger partial charge in [-0.25, -0.2) is 5.10 Å². The van der Waals surface area contributed by atoms with Crippen LogP contribution in [0, 0.1) is 6.07 Å². The van der Waals surface area contributed by atoms with Gasteiger partial charge in [-0.2, -0.15) is 0 Å². The number of tetrazole rings is 1. The molecule has 4 heteroatoms. The normalized spacial score (nSPS) is 10.7. The van der Waals surface area contributed by atoms with Crippen molar-refractivity contribution in [3.63, 3.8) is 0 Å². The SMILES string of the molecule is [c]1c(-c2nnn[nH]2)ccc2ccccc12. The molecule has 4 nitrogen and oxygen atoms in total. The summed E-state index contributed by atoms with van der Waals surface area (Å²) in [7, 11) is 0. The summed E-state index contributed by atoms with van der Waals surface area (Å²) in [4.78, 5) is 0. The Morgan fingerprint density at radius 1 is 1.07 bits per heavy atom. The van der Waals surface area contributed by atoms with Gasteiger partial charge in [0, 0.05) is 11.6 Å². The van der Waals surface area contributed by atoms with Crippen LogP contribution >= 0.6 is 0 Å². The van der Waals surface area contributed by atoms with Gasteiger partial charge in [0.15, 0.2) is 5.82 Å². The van der Waals surface area contributed by atoms with Crippen LogP contribution in [-0.2, 0) is 0 Å². The predicted octanol–water partition coefficient (Wildman–Crippen LogP) is 1.82. The number of aromatic amines is 1. The van der Waals surface area contributed by atoms with Crippen LogP contribution in [0.1, 0.15) is 0 Å². The van der Waals surface area contributed by atoms with Crippen LogP contribution in [0.5, 0.6) is 0 Å². The Labute approximate surface area is 85.9 Å². The van der Waals surface area contributed by atoms with E-state index in [4.69, 9.17) is 0 Å². The fraction of sp³-hybridized carbons (Fsp3) is 0. The van der Waals surface area contributed by atoms with Crippen LogP contribution in [0.4, 0.5) is 0 Å². The molecule has 3 rings (SSSR count). The van der Waals surface area contributed by atoms with E-state index in [2.05, 4.69) is 26.7 Å². The number of rotatable bonds is 1. The lowest BCUT2D eigenvalue weighted by Crippen LogP contribution is -1.82. The van der Waals surface area contributed by atoms with Gasteiger partial charge >= 0.3 is 0 Å². The van der Waals surface area contributed by atoms with Crippen molar-refractivity contribution in [3.05, 3.63) is 42.5 Å². The van der Waals surface area contributed by atoms with Gasteiger partial charge in [-0.1, -0.05) is 30.3 Å². The average molecular weight is 195 g/mol. The fourth-order valence-corrected chi connectivity index (χ4v) is 1.53. The number of H-pyrrole nitrogens is 1. The molecule has 1 N–H and O–H groups in total. The zero-order chi connectivity index (χ0) is 10.1. The highest BCUT2D eigenvalue weighted by Gasteiger charge is 2.02. The van der Waals surface area contributed by atoms with E-state index in [1.807, 2.05) is 36.4 Å². The highest BCUT2D eigenvalue weighted by Crippen LogP contribution is 2.19. The predicted molar refractivity (Wildman–Crippen MR) is 56.0 cm³/mol. The Kier molecular flexibility index (Phi) is 1.71. The van der Waals surface area contributed by atoms with Crippen LogP contribution in [-0.4, -0.2) is 20.6 Å². The fourth-order valence-electron chi connectivity index (χ4n) is 1.53. The minimum atomic E-state index is 0.640.